The molecule has 0 spiro atoms. The van der Waals surface area contributed by atoms with E-state index >= 15 is 0 Å². The third-order valence-corrected chi connectivity index (χ3v) is 2.60. The van der Waals surface area contributed by atoms with Crippen LogP contribution >= 0.6 is 0 Å². The molecule has 0 heterocycles. The highest BCUT2D eigenvalue weighted by molar-refractivity contribution is 5.97. The van der Waals surface area contributed by atoms with Crippen molar-refractivity contribution in [2.75, 3.05) is 14.2 Å². The molecule has 22 heavy (non-hydrogen) atoms. The van der Waals surface area contributed by atoms with E-state index < -0.39 is 34.6 Å². The zero-order valence-electron chi connectivity index (χ0n) is 12.0. The number of carbonyl (C=O) groups is 3. The summed E-state index contributed by atoms with van der Waals surface area (Å²) in [6.07, 6.45) is -1.20. The van der Waals surface area contributed by atoms with Crippen molar-refractivity contribution in [1.29, 1.82) is 0 Å². The number of rotatable bonds is 5. The highest BCUT2D eigenvalue weighted by atomic mass is 16.6. The SMILES string of the molecule is COC(=O)c1cc(C(=O)O[C@H](C)C(=O)OC)cc([N+](=O)[O-])c1. The predicted octanol–water partition coefficient (Wildman–Crippen LogP) is 1.10. The fourth-order valence-corrected chi connectivity index (χ4v) is 1.51. The van der Waals surface area contributed by atoms with E-state index in [1.165, 1.54) is 6.92 Å². The summed E-state index contributed by atoms with van der Waals surface area (Å²) in [6, 6.07) is 2.97. The maximum Gasteiger partial charge on any atom is 0.346 e. The molecular formula is C13H13NO8. The molecule has 118 valence electrons. The van der Waals surface area contributed by atoms with Gasteiger partial charge in [-0.15, -0.1) is 0 Å². The van der Waals surface area contributed by atoms with Crippen molar-refractivity contribution in [2.45, 2.75) is 13.0 Å². The fourth-order valence-electron chi connectivity index (χ4n) is 1.51. The van der Waals surface area contributed by atoms with Gasteiger partial charge >= 0.3 is 17.9 Å². The van der Waals surface area contributed by atoms with Gasteiger partial charge in [-0.05, 0) is 13.0 Å². The Morgan fingerprint density at radius 2 is 1.59 bits per heavy atom. The second-order valence-corrected chi connectivity index (χ2v) is 4.09. The zero-order chi connectivity index (χ0) is 16.9. The average Bonchev–Trinajstić information content (AvgIpc) is 2.52. The van der Waals surface area contributed by atoms with Crippen molar-refractivity contribution < 1.29 is 33.5 Å². The van der Waals surface area contributed by atoms with Crippen LogP contribution in [0.4, 0.5) is 5.69 Å². The molecule has 1 atom stereocenters. The minimum Gasteiger partial charge on any atom is -0.466 e. The molecule has 0 aliphatic carbocycles. The summed E-state index contributed by atoms with van der Waals surface area (Å²) in [7, 11) is 2.22. The van der Waals surface area contributed by atoms with Gasteiger partial charge in [0.1, 0.15) is 0 Å². The Labute approximate surface area is 124 Å². The molecule has 0 fully saturated rings. The number of hydrogen-bond acceptors (Lipinski definition) is 8. The van der Waals surface area contributed by atoms with Gasteiger partial charge in [-0.3, -0.25) is 10.1 Å². The number of esters is 3. The van der Waals surface area contributed by atoms with Gasteiger partial charge in [0.25, 0.3) is 5.69 Å². The molecule has 1 rings (SSSR count). The summed E-state index contributed by atoms with van der Waals surface area (Å²) in [5.41, 5.74) is -0.930. The lowest BCUT2D eigenvalue weighted by atomic mass is 10.1. The lowest BCUT2D eigenvalue weighted by molar-refractivity contribution is -0.384. The Morgan fingerprint density at radius 1 is 1.05 bits per heavy atom. The number of nitro benzene ring substituents is 1. The van der Waals surface area contributed by atoms with Crippen molar-refractivity contribution in [1.82, 2.24) is 0 Å². The van der Waals surface area contributed by atoms with Crippen molar-refractivity contribution in [3.05, 3.63) is 39.4 Å². The number of ether oxygens (including phenoxy) is 3. The first-order valence-corrected chi connectivity index (χ1v) is 5.96. The van der Waals surface area contributed by atoms with Crippen LogP contribution in [0.15, 0.2) is 18.2 Å². The van der Waals surface area contributed by atoms with Crippen LogP contribution in [0.3, 0.4) is 0 Å². The van der Waals surface area contributed by atoms with Crippen LogP contribution in [0, 0.1) is 10.1 Å². The van der Waals surface area contributed by atoms with Gasteiger partial charge in [0, 0.05) is 12.1 Å². The normalized spacial score (nSPS) is 11.2. The van der Waals surface area contributed by atoms with Gasteiger partial charge in [-0.1, -0.05) is 0 Å². The van der Waals surface area contributed by atoms with E-state index in [4.69, 9.17) is 4.74 Å². The van der Waals surface area contributed by atoms with E-state index in [1.54, 1.807) is 0 Å². The number of methoxy groups -OCH3 is 2. The van der Waals surface area contributed by atoms with Crippen molar-refractivity contribution in [2.24, 2.45) is 0 Å². The van der Waals surface area contributed by atoms with Gasteiger partial charge in [0.05, 0.1) is 30.3 Å². The molecule has 0 saturated carbocycles. The number of benzene rings is 1. The largest absolute Gasteiger partial charge is 0.466 e. The molecule has 0 radical (unpaired) electrons. The Kier molecular flexibility index (Phi) is 5.56. The lowest BCUT2D eigenvalue weighted by Gasteiger charge is -2.11. The van der Waals surface area contributed by atoms with E-state index in [-0.39, 0.29) is 11.1 Å². The standard InChI is InChI=1S/C13H13NO8/c1-7(11(15)20-2)22-13(17)9-4-8(12(16)21-3)5-10(6-9)14(18)19/h4-7H,1-3H3/t7-/m1/s1. The zero-order valence-corrected chi connectivity index (χ0v) is 12.0. The van der Waals surface area contributed by atoms with Crippen LogP contribution in [0.5, 0.6) is 0 Å². The van der Waals surface area contributed by atoms with Gasteiger partial charge in [-0.2, -0.15) is 0 Å². The van der Waals surface area contributed by atoms with Crippen molar-refractivity contribution in [3.8, 4) is 0 Å². The molecule has 9 heteroatoms. The average molecular weight is 311 g/mol. The summed E-state index contributed by atoms with van der Waals surface area (Å²) in [5.74, 6) is -2.64. The van der Waals surface area contributed by atoms with Gasteiger partial charge in [0.2, 0.25) is 0 Å². The summed E-state index contributed by atoms with van der Waals surface area (Å²) < 4.78 is 13.7. The monoisotopic (exact) mass is 311 g/mol. The molecule has 1 aromatic carbocycles. The maximum atomic E-state index is 11.9. The number of hydrogen-bond donors (Lipinski definition) is 0. The molecule has 9 nitrogen and oxygen atoms in total. The second kappa shape index (κ2) is 7.16. The molecular weight excluding hydrogens is 298 g/mol. The van der Waals surface area contributed by atoms with E-state index in [2.05, 4.69) is 9.47 Å². The molecule has 0 unspecified atom stereocenters. The van der Waals surface area contributed by atoms with Gasteiger partial charge < -0.3 is 14.2 Å². The smallest absolute Gasteiger partial charge is 0.346 e. The maximum absolute atomic E-state index is 11.9. The topological polar surface area (TPSA) is 122 Å². The molecule has 0 aromatic heterocycles. The highest BCUT2D eigenvalue weighted by Crippen LogP contribution is 2.19. The van der Waals surface area contributed by atoms with Crippen LogP contribution < -0.4 is 0 Å². The summed E-state index contributed by atoms with van der Waals surface area (Å²) in [5, 5.41) is 10.8. The first kappa shape index (κ1) is 17.1. The first-order valence-electron chi connectivity index (χ1n) is 5.96. The minimum atomic E-state index is -1.20. The van der Waals surface area contributed by atoms with Crippen LogP contribution in [-0.4, -0.2) is 43.2 Å². The quantitative estimate of drug-likeness (QED) is 0.343. The van der Waals surface area contributed by atoms with Crippen LogP contribution in [-0.2, 0) is 19.0 Å². The fraction of sp³-hybridized carbons (Fsp3) is 0.308. The summed E-state index contributed by atoms with van der Waals surface area (Å²) in [6.45, 7) is 1.28. The molecule has 0 aliphatic rings. The van der Waals surface area contributed by atoms with E-state index in [9.17, 15) is 24.5 Å². The Hall–Kier alpha value is -2.97. The second-order valence-electron chi connectivity index (χ2n) is 4.09. The third kappa shape index (κ3) is 4.01. The van der Waals surface area contributed by atoms with Crippen molar-refractivity contribution >= 4 is 23.6 Å². The molecule has 0 saturated heterocycles. The minimum absolute atomic E-state index is 0.186. The highest BCUT2D eigenvalue weighted by Gasteiger charge is 2.23. The van der Waals surface area contributed by atoms with Crippen molar-refractivity contribution in [3.63, 3.8) is 0 Å². The molecule has 0 N–H and O–H groups in total. The number of carbonyl (C=O) groups excluding carboxylic acids is 3. The lowest BCUT2D eigenvalue weighted by Crippen LogP contribution is -2.25. The Balaban J connectivity index is 3.14. The van der Waals surface area contributed by atoms with E-state index in [1.807, 2.05) is 0 Å². The number of nitro groups is 1. The molecule has 0 aliphatic heterocycles. The Morgan fingerprint density at radius 3 is 2.05 bits per heavy atom. The number of non-ortho nitro benzene ring substituents is 1. The number of nitrogens with zero attached hydrogens (tertiary/aromatic N) is 1. The molecule has 0 bridgehead atoms. The Bertz CT molecular complexity index is 624. The molecule has 0 amide bonds. The predicted molar refractivity (Wildman–Crippen MR) is 71.3 cm³/mol. The van der Waals surface area contributed by atoms with Gasteiger partial charge in [0.15, 0.2) is 6.10 Å². The first-order chi connectivity index (χ1) is 10.3. The van der Waals surface area contributed by atoms with E-state index in [0.717, 1.165) is 32.4 Å². The van der Waals surface area contributed by atoms with Crippen LogP contribution in [0.2, 0.25) is 0 Å². The summed E-state index contributed by atoms with van der Waals surface area (Å²) in [4.78, 5) is 44.6. The van der Waals surface area contributed by atoms with Gasteiger partial charge in [-0.25, -0.2) is 14.4 Å². The van der Waals surface area contributed by atoms with Crippen LogP contribution in [0.25, 0.3) is 0 Å². The molecule has 1 aromatic rings. The summed E-state index contributed by atoms with van der Waals surface area (Å²) >= 11 is 0. The van der Waals surface area contributed by atoms with E-state index in [0.29, 0.717) is 0 Å². The third-order valence-electron chi connectivity index (χ3n) is 2.60. The van der Waals surface area contributed by atoms with Crippen LogP contribution in [0.1, 0.15) is 27.6 Å².